The highest BCUT2D eigenvalue weighted by molar-refractivity contribution is 8.38. The van der Waals surface area contributed by atoms with Crippen molar-refractivity contribution in [2.75, 3.05) is 24.2 Å². The van der Waals surface area contributed by atoms with E-state index in [0.29, 0.717) is 22.6 Å². The predicted molar refractivity (Wildman–Crippen MR) is 118 cm³/mol. The Morgan fingerprint density at radius 3 is 2.76 bits per heavy atom. The number of hydrogen-bond acceptors (Lipinski definition) is 7. The number of nitrogens with zero attached hydrogens (tertiary/aromatic N) is 1. The second-order valence-corrected chi connectivity index (χ2v) is 8.51. The van der Waals surface area contributed by atoms with Crippen LogP contribution in [0, 0.1) is 0 Å². The highest BCUT2D eigenvalue weighted by Gasteiger charge is 2.16. The Morgan fingerprint density at radius 1 is 1.17 bits per heavy atom. The molecule has 0 aromatic heterocycles. The number of anilines is 1. The molecule has 1 aliphatic heterocycles. The van der Waals surface area contributed by atoms with Crippen LogP contribution in [0.5, 0.6) is 0 Å². The molecule has 2 aromatic rings. The lowest BCUT2D eigenvalue weighted by atomic mass is 10.1. The Labute approximate surface area is 177 Å². The van der Waals surface area contributed by atoms with E-state index in [1.165, 1.54) is 6.92 Å². The van der Waals surface area contributed by atoms with Crippen LogP contribution in [0.4, 0.5) is 5.69 Å². The minimum atomic E-state index is -0.546. The van der Waals surface area contributed by atoms with Crippen molar-refractivity contribution in [2.45, 2.75) is 12.7 Å². The Bertz CT molecular complexity index is 959. The van der Waals surface area contributed by atoms with Crippen molar-refractivity contribution in [1.82, 2.24) is 0 Å². The zero-order valence-electron chi connectivity index (χ0n) is 15.8. The summed E-state index contributed by atoms with van der Waals surface area (Å²) >= 11 is 3.31. The van der Waals surface area contributed by atoms with Crippen molar-refractivity contribution < 1.29 is 19.1 Å². The molecule has 1 heterocycles. The summed E-state index contributed by atoms with van der Waals surface area (Å²) in [6.07, 6.45) is 0. The van der Waals surface area contributed by atoms with E-state index in [0.717, 1.165) is 22.2 Å². The Balaban J connectivity index is 1.55. The van der Waals surface area contributed by atoms with Crippen molar-refractivity contribution in [2.24, 2.45) is 4.99 Å². The highest BCUT2D eigenvalue weighted by atomic mass is 32.2. The Morgan fingerprint density at radius 2 is 2.00 bits per heavy atom. The fraction of sp³-hybridized carbons (Fsp3) is 0.238. The van der Waals surface area contributed by atoms with E-state index in [-0.39, 0.29) is 5.78 Å². The van der Waals surface area contributed by atoms with Crippen molar-refractivity contribution in [3.05, 3.63) is 65.2 Å². The third kappa shape index (κ3) is 6.20. The van der Waals surface area contributed by atoms with Gasteiger partial charge in [-0.25, -0.2) is 4.79 Å². The molecule has 8 heteroatoms. The van der Waals surface area contributed by atoms with Gasteiger partial charge in [-0.2, -0.15) is 0 Å². The molecule has 0 radical (unpaired) electrons. The number of Topliss-reactive ketones (excluding diaryl/α,β-unsaturated/α-hetero) is 1. The summed E-state index contributed by atoms with van der Waals surface area (Å²) < 4.78 is 6.22. The number of benzene rings is 2. The van der Waals surface area contributed by atoms with Crippen LogP contribution in [0.3, 0.4) is 0 Å². The average molecular weight is 429 g/mol. The number of ether oxygens (including phenoxy) is 1. The molecule has 0 fully saturated rings. The maximum absolute atomic E-state index is 12.5. The number of carbonyl (C=O) groups is 3. The number of aliphatic imine (C=N–C) groups is 1. The van der Waals surface area contributed by atoms with Crippen molar-refractivity contribution in [3.8, 4) is 0 Å². The van der Waals surface area contributed by atoms with Crippen LogP contribution in [0.15, 0.2) is 53.5 Å². The first-order chi connectivity index (χ1) is 14.0. The number of hydrogen-bond donors (Lipinski definition) is 1. The van der Waals surface area contributed by atoms with Gasteiger partial charge >= 0.3 is 5.97 Å². The van der Waals surface area contributed by atoms with E-state index in [1.54, 1.807) is 59.9 Å². The van der Waals surface area contributed by atoms with Gasteiger partial charge in [0.15, 0.2) is 12.4 Å². The molecule has 0 bridgehead atoms. The SMILES string of the molecule is CC(=O)c1cccc(NC(=O)COC(=O)c2ccccc2CSC2=NCCS2)c1. The molecule has 0 atom stereocenters. The van der Waals surface area contributed by atoms with Gasteiger partial charge in [0.25, 0.3) is 5.91 Å². The van der Waals surface area contributed by atoms with Gasteiger partial charge in [-0.05, 0) is 30.7 Å². The summed E-state index contributed by atoms with van der Waals surface area (Å²) in [6.45, 7) is 1.88. The standard InChI is InChI=1S/C21H20N2O4S2/c1-14(24)15-6-4-7-17(11-15)23-19(25)12-27-20(26)18-8-3-2-5-16(18)13-29-21-22-9-10-28-21/h2-8,11H,9-10,12-13H2,1H3,(H,23,25). The number of amides is 1. The normalized spacial score (nSPS) is 12.9. The second kappa shape index (κ2) is 10.3. The molecule has 1 amide bonds. The minimum Gasteiger partial charge on any atom is -0.452 e. The van der Waals surface area contributed by atoms with Crippen LogP contribution < -0.4 is 5.32 Å². The van der Waals surface area contributed by atoms with E-state index in [9.17, 15) is 14.4 Å². The average Bonchev–Trinajstić information content (AvgIpc) is 3.24. The van der Waals surface area contributed by atoms with Gasteiger partial charge in [0.05, 0.1) is 12.1 Å². The van der Waals surface area contributed by atoms with Gasteiger partial charge < -0.3 is 10.1 Å². The van der Waals surface area contributed by atoms with Crippen molar-refractivity contribution >= 4 is 51.2 Å². The first-order valence-electron chi connectivity index (χ1n) is 8.99. The van der Waals surface area contributed by atoms with Gasteiger partial charge in [-0.1, -0.05) is 53.9 Å². The molecule has 29 heavy (non-hydrogen) atoms. The van der Waals surface area contributed by atoms with E-state index >= 15 is 0 Å². The molecule has 0 aliphatic carbocycles. The molecule has 2 aromatic carbocycles. The molecule has 1 aliphatic rings. The lowest BCUT2D eigenvalue weighted by molar-refractivity contribution is -0.119. The third-order valence-electron chi connectivity index (χ3n) is 4.03. The molecule has 0 saturated heterocycles. The maximum atomic E-state index is 12.5. The first-order valence-corrected chi connectivity index (χ1v) is 11.0. The van der Waals surface area contributed by atoms with Crippen LogP contribution in [0.25, 0.3) is 0 Å². The fourth-order valence-electron chi connectivity index (χ4n) is 2.61. The number of rotatable bonds is 7. The molecule has 6 nitrogen and oxygen atoms in total. The van der Waals surface area contributed by atoms with E-state index in [4.69, 9.17) is 4.74 Å². The fourth-order valence-corrected chi connectivity index (χ4v) is 4.62. The Kier molecular flexibility index (Phi) is 7.48. The zero-order chi connectivity index (χ0) is 20.6. The number of nitrogens with one attached hydrogen (secondary N) is 1. The summed E-state index contributed by atoms with van der Waals surface area (Å²) in [4.78, 5) is 40.4. The molecule has 0 unspecified atom stereocenters. The largest absolute Gasteiger partial charge is 0.452 e. The summed E-state index contributed by atoms with van der Waals surface area (Å²) in [5.41, 5.74) is 2.25. The van der Waals surface area contributed by atoms with E-state index in [2.05, 4.69) is 10.3 Å². The van der Waals surface area contributed by atoms with Crippen LogP contribution in [0.1, 0.15) is 33.2 Å². The van der Waals surface area contributed by atoms with Crippen LogP contribution >= 0.6 is 23.5 Å². The summed E-state index contributed by atoms with van der Waals surface area (Å²) in [5.74, 6) is 0.499. The Hall–Kier alpha value is -2.58. The van der Waals surface area contributed by atoms with Gasteiger partial charge in [0, 0.05) is 22.8 Å². The third-order valence-corrected chi connectivity index (χ3v) is 6.33. The number of carbonyl (C=O) groups excluding carboxylic acids is 3. The van der Waals surface area contributed by atoms with Crippen molar-refractivity contribution in [3.63, 3.8) is 0 Å². The number of ketones is 1. The zero-order valence-corrected chi connectivity index (χ0v) is 17.5. The lowest BCUT2D eigenvalue weighted by Crippen LogP contribution is -2.21. The predicted octanol–water partition coefficient (Wildman–Crippen LogP) is 4.02. The molecule has 3 rings (SSSR count). The molecule has 150 valence electrons. The van der Waals surface area contributed by atoms with Gasteiger partial charge in [-0.15, -0.1) is 0 Å². The summed E-state index contributed by atoms with van der Waals surface area (Å²) in [5, 5.41) is 2.63. The monoisotopic (exact) mass is 428 g/mol. The van der Waals surface area contributed by atoms with Crippen LogP contribution in [-0.4, -0.2) is 40.9 Å². The second-order valence-electron chi connectivity index (χ2n) is 6.20. The summed E-state index contributed by atoms with van der Waals surface area (Å²) in [6, 6.07) is 13.8. The quantitative estimate of drug-likeness (QED) is 0.530. The van der Waals surface area contributed by atoms with Gasteiger partial charge in [-0.3, -0.25) is 14.6 Å². The topological polar surface area (TPSA) is 84.8 Å². The first kappa shape index (κ1) is 21.1. The molecular formula is C21H20N2O4S2. The molecule has 1 N–H and O–H groups in total. The van der Waals surface area contributed by atoms with Gasteiger partial charge in [0.2, 0.25) is 0 Å². The van der Waals surface area contributed by atoms with E-state index < -0.39 is 18.5 Å². The molecular weight excluding hydrogens is 408 g/mol. The molecule has 0 spiro atoms. The number of thioether (sulfide) groups is 2. The van der Waals surface area contributed by atoms with Crippen LogP contribution in [-0.2, 0) is 15.3 Å². The lowest BCUT2D eigenvalue weighted by Gasteiger charge is -2.10. The molecule has 0 saturated carbocycles. The van der Waals surface area contributed by atoms with Gasteiger partial charge in [0.1, 0.15) is 4.38 Å². The summed E-state index contributed by atoms with van der Waals surface area (Å²) in [7, 11) is 0. The highest BCUT2D eigenvalue weighted by Crippen LogP contribution is 2.26. The van der Waals surface area contributed by atoms with E-state index in [1.807, 2.05) is 12.1 Å². The van der Waals surface area contributed by atoms with Crippen molar-refractivity contribution in [1.29, 1.82) is 0 Å². The van der Waals surface area contributed by atoms with Crippen LogP contribution in [0.2, 0.25) is 0 Å². The smallest absolute Gasteiger partial charge is 0.338 e. The minimum absolute atomic E-state index is 0.0935. The maximum Gasteiger partial charge on any atom is 0.338 e. The number of esters is 1.